The van der Waals surface area contributed by atoms with Gasteiger partial charge in [-0.3, -0.25) is 9.78 Å². The van der Waals surface area contributed by atoms with Crippen molar-refractivity contribution in [3.63, 3.8) is 0 Å². The van der Waals surface area contributed by atoms with Gasteiger partial charge in [0.25, 0.3) is 0 Å². The molecule has 0 fully saturated rings. The fourth-order valence-corrected chi connectivity index (χ4v) is 2.93. The lowest BCUT2D eigenvalue weighted by molar-refractivity contribution is 0.103. The molecular weight excluding hydrogens is 322 g/mol. The molecule has 0 N–H and O–H groups in total. The predicted octanol–water partition coefficient (Wildman–Crippen LogP) is 4.47. The van der Waals surface area contributed by atoms with Crippen molar-refractivity contribution in [2.75, 3.05) is 0 Å². The summed E-state index contributed by atoms with van der Waals surface area (Å²) >= 11 is 0. The molecule has 26 heavy (non-hydrogen) atoms. The quantitative estimate of drug-likeness (QED) is 0.515. The monoisotopic (exact) mass is 339 g/mol. The lowest BCUT2D eigenvalue weighted by Gasteiger charge is -2.05. The average Bonchev–Trinajstić information content (AvgIpc) is 3.18. The molecule has 0 aliphatic heterocycles. The second kappa shape index (κ2) is 6.76. The SMILES string of the molecule is Cc1ccccc1-n1cc(C(=O)c2cccc(-c3cccnc3)c2)cn1. The van der Waals surface area contributed by atoms with Crippen LogP contribution in [-0.2, 0) is 0 Å². The highest BCUT2D eigenvalue weighted by Crippen LogP contribution is 2.21. The molecule has 126 valence electrons. The van der Waals surface area contributed by atoms with Gasteiger partial charge in [0.2, 0.25) is 0 Å². The van der Waals surface area contributed by atoms with Gasteiger partial charge in [-0.2, -0.15) is 5.10 Å². The van der Waals surface area contributed by atoms with Crippen LogP contribution < -0.4 is 0 Å². The molecule has 4 aromatic rings. The van der Waals surface area contributed by atoms with Crippen molar-refractivity contribution in [1.29, 1.82) is 0 Å². The zero-order chi connectivity index (χ0) is 17.9. The van der Waals surface area contributed by atoms with E-state index in [2.05, 4.69) is 10.1 Å². The van der Waals surface area contributed by atoms with E-state index in [1.54, 1.807) is 29.5 Å². The van der Waals surface area contributed by atoms with Crippen molar-refractivity contribution in [3.8, 4) is 16.8 Å². The van der Waals surface area contributed by atoms with E-state index in [-0.39, 0.29) is 5.78 Å². The third-order valence-electron chi connectivity index (χ3n) is 4.33. The van der Waals surface area contributed by atoms with E-state index in [1.807, 2.05) is 67.6 Å². The number of benzene rings is 2. The first-order valence-electron chi connectivity index (χ1n) is 8.38. The average molecular weight is 339 g/mol. The summed E-state index contributed by atoms with van der Waals surface area (Å²) < 4.78 is 1.74. The lowest BCUT2D eigenvalue weighted by atomic mass is 10.0. The Balaban J connectivity index is 1.66. The van der Waals surface area contributed by atoms with Crippen molar-refractivity contribution in [1.82, 2.24) is 14.8 Å². The summed E-state index contributed by atoms with van der Waals surface area (Å²) in [6, 6.07) is 19.4. The van der Waals surface area contributed by atoms with E-state index in [4.69, 9.17) is 0 Å². The summed E-state index contributed by atoms with van der Waals surface area (Å²) in [4.78, 5) is 17.0. The molecule has 0 saturated heterocycles. The maximum atomic E-state index is 12.9. The fraction of sp³-hybridized carbons (Fsp3) is 0.0455. The molecule has 4 nitrogen and oxygen atoms in total. The van der Waals surface area contributed by atoms with Crippen LogP contribution in [0.2, 0.25) is 0 Å². The highest BCUT2D eigenvalue weighted by Gasteiger charge is 2.13. The van der Waals surface area contributed by atoms with Crippen LogP contribution in [0.15, 0.2) is 85.5 Å². The summed E-state index contributed by atoms with van der Waals surface area (Å²) in [5.74, 6) is -0.0458. The molecule has 0 spiro atoms. The molecular formula is C22H17N3O. The molecule has 4 rings (SSSR count). The topological polar surface area (TPSA) is 47.8 Å². The Morgan fingerprint density at radius 3 is 2.54 bits per heavy atom. The standard InChI is InChI=1S/C22H17N3O/c1-16-6-2-3-10-21(16)25-15-20(14-24-25)22(26)18-8-4-7-17(12-18)19-9-5-11-23-13-19/h2-15H,1H3. The Labute approximate surface area is 151 Å². The molecule has 0 unspecified atom stereocenters. The largest absolute Gasteiger partial charge is 0.288 e. The molecule has 4 heteroatoms. The van der Waals surface area contributed by atoms with Gasteiger partial charge in [0.15, 0.2) is 5.78 Å². The Morgan fingerprint density at radius 2 is 1.73 bits per heavy atom. The second-order valence-corrected chi connectivity index (χ2v) is 6.11. The van der Waals surface area contributed by atoms with E-state index in [9.17, 15) is 4.79 Å². The van der Waals surface area contributed by atoms with Crippen LogP contribution in [0.1, 0.15) is 21.5 Å². The number of hydrogen-bond donors (Lipinski definition) is 0. The number of ketones is 1. The number of carbonyl (C=O) groups is 1. The summed E-state index contributed by atoms with van der Waals surface area (Å²) in [5, 5.41) is 4.36. The zero-order valence-electron chi connectivity index (χ0n) is 14.3. The van der Waals surface area contributed by atoms with Crippen molar-refractivity contribution in [3.05, 3.63) is 102 Å². The van der Waals surface area contributed by atoms with Gasteiger partial charge in [-0.05, 0) is 36.2 Å². The van der Waals surface area contributed by atoms with E-state index < -0.39 is 0 Å². The molecule has 2 aromatic heterocycles. The lowest BCUT2D eigenvalue weighted by Crippen LogP contribution is -2.01. The third-order valence-corrected chi connectivity index (χ3v) is 4.33. The fourth-order valence-electron chi connectivity index (χ4n) is 2.93. The van der Waals surface area contributed by atoms with Crippen LogP contribution in [0.4, 0.5) is 0 Å². The maximum Gasteiger partial charge on any atom is 0.196 e. The van der Waals surface area contributed by atoms with Crippen molar-refractivity contribution < 1.29 is 4.79 Å². The van der Waals surface area contributed by atoms with Gasteiger partial charge >= 0.3 is 0 Å². The predicted molar refractivity (Wildman–Crippen MR) is 101 cm³/mol. The van der Waals surface area contributed by atoms with Crippen molar-refractivity contribution in [2.24, 2.45) is 0 Å². The van der Waals surface area contributed by atoms with Crippen LogP contribution in [-0.4, -0.2) is 20.5 Å². The van der Waals surface area contributed by atoms with Gasteiger partial charge < -0.3 is 0 Å². The number of aryl methyl sites for hydroxylation is 1. The molecule has 2 heterocycles. The van der Waals surface area contributed by atoms with Gasteiger partial charge in [0, 0.05) is 29.7 Å². The van der Waals surface area contributed by atoms with Crippen molar-refractivity contribution in [2.45, 2.75) is 6.92 Å². The molecule has 0 atom stereocenters. The van der Waals surface area contributed by atoms with Gasteiger partial charge in [-0.15, -0.1) is 0 Å². The van der Waals surface area contributed by atoms with Gasteiger partial charge in [0.1, 0.15) is 0 Å². The number of hydrogen-bond acceptors (Lipinski definition) is 3. The number of rotatable bonds is 4. The Morgan fingerprint density at radius 1 is 0.885 bits per heavy atom. The van der Waals surface area contributed by atoms with Crippen LogP contribution in [0.3, 0.4) is 0 Å². The highest BCUT2D eigenvalue weighted by atomic mass is 16.1. The number of carbonyl (C=O) groups excluding carboxylic acids is 1. The molecule has 0 amide bonds. The number of aromatic nitrogens is 3. The third kappa shape index (κ3) is 3.05. The number of nitrogens with zero attached hydrogens (tertiary/aromatic N) is 3. The van der Waals surface area contributed by atoms with Crippen molar-refractivity contribution >= 4 is 5.78 Å². The molecule has 0 saturated carbocycles. The minimum Gasteiger partial charge on any atom is -0.288 e. The van der Waals surface area contributed by atoms with E-state index in [0.717, 1.165) is 22.4 Å². The molecule has 0 aliphatic carbocycles. The molecule has 0 radical (unpaired) electrons. The Kier molecular flexibility index (Phi) is 4.15. The maximum absolute atomic E-state index is 12.9. The zero-order valence-corrected chi connectivity index (χ0v) is 14.3. The van der Waals surface area contributed by atoms with Crippen LogP contribution >= 0.6 is 0 Å². The summed E-state index contributed by atoms with van der Waals surface area (Å²) in [6.07, 6.45) is 6.92. The van der Waals surface area contributed by atoms with Crippen LogP contribution in [0, 0.1) is 6.92 Å². The molecule has 2 aromatic carbocycles. The van der Waals surface area contributed by atoms with Gasteiger partial charge in [-0.25, -0.2) is 4.68 Å². The highest BCUT2D eigenvalue weighted by molar-refractivity contribution is 6.09. The summed E-state index contributed by atoms with van der Waals surface area (Å²) in [5.41, 5.74) is 5.23. The first kappa shape index (κ1) is 16.0. The molecule has 0 aliphatic rings. The van der Waals surface area contributed by atoms with Gasteiger partial charge in [-0.1, -0.05) is 42.5 Å². The van der Waals surface area contributed by atoms with Crippen LogP contribution in [0.25, 0.3) is 16.8 Å². The summed E-state index contributed by atoms with van der Waals surface area (Å²) in [7, 11) is 0. The van der Waals surface area contributed by atoms with Crippen LogP contribution in [0.5, 0.6) is 0 Å². The first-order chi connectivity index (χ1) is 12.7. The van der Waals surface area contributed by atoms with E-state index >= 15 is 0 Å². The number of pyridine rings is 1. The Bertz CT molecular complexity index is 1070. The summed E-state index contributed by atoms with van der Waals surface area (Å²) in [6.45, 7) is 2.02. The minimum atomic E-state index is -0.0458. The van der Waals surface area contributed by atoms with E-state index in [0.29, 0.717) is 11.1 Å². The minimum absolute atomic E-state index is 0.0458. The smallest absolute Gasteiger partial charge is 0.196 e. The molecule has 0 bridgehead atoms. The Hall–Kier alpha value is -3.53. The number of para-hydroxylation sites is 1. The van der Waals surface area contributed by atoms with Gasteiger partial charge in [0.05, 0.1) is 17.4 Å². The second-order valence-electron chi connectivity index (χ2n) is 6.11. The normalized spacial score (nSPS) is 10.7. The van der Waals surface area contributed by atoms with E-state index in [1.165, 1.54) is 0 Å². The first-order valence-corrected chi connectivity index (χ1v) is 8.38.